The van der Waals surface area contributed by atoms with Crippen molar-refractivity contribution in [2.75, 3.05) is 20.8 Å². The second-order valence-corrected chi connectivity index (χ2v) is 6.18. The van der Waals surface area contributed by atoms with Crippen LogP contribution in [-0.4, -0.2) is 30.5 Å². The highest BCUT2D eigenvalue weighted by atomic mass is 79.9. The molecule has 0 saturated carbocycles. The van der Waals surface area contributed by atoms with Crippen molar-refractivity contribution in [2.24, 2.45) is 0 Å². The molecule has 21 heavy (non-hydrogen) atoms. The van der Waals surface area contributed by atoms with Gasteiger partial charge in [0, 0.05) is 16.6 Å². The lowest BCUT2D eigenvalue weighted by Crippen LogP contribution is -2.23. The van der Waals surface area contributed by atoms with Crippen molar-refractivity contribution in [2.45, 2.75) is 12.6 Å². The van der Waals surface area contributed by atoms with Crippen LogP contribution in [0.15, 0.2) is 28.9 Å². The number of hydrogen-bond donors (Lipinski definition) is 1. The van der Waals surface area contributed by atoms with Crippen molar-refractivity contribution in [1.29, 1.82) is 0 Å². The second kappa shape index (κ2) is 7.61. The highest BCUT2D eigenvalue weighted by molar-refractivity contribution is 9.10. The fraction of sp³-hybridized carbons (Fsp3) is 0.357. The van der Waals surface area contributed by atoms with Crippen LogP contribution in [0.1, 0.15) is 17.3 Å². The number of ether oxygens (including phenoxy) is 1. The summed E-state index contributed by atoms with van der Waals surface area (Å²) in [6.45, 7) is 1.21. The normalized spacial score (nSPS) is 12.6. The van der Waals surface area contributed by atoms with Crippen LogP contribution in [-0.2, 0) is 11.3 Å². The number of nitrogens with one attached hydrogen (secondary N) is 1. The molecule has 1 atom stereocenters. The van der Waals surface area contributed by atoms with Gasteiger partial charge in [0.15, 0.2) is 0 Å². The van der Waals surface area contributed by atoms with Gasteiger partial charge in [0.05, 0.1) is 36.1 Å². The average Bonchev–Trinajstić information content (AvgIpc) is 2.81. The first kappa shape index (κ1) is 16.8. The number of hydrogen-bond acceptors (Lipinski definition) is 3. The van der Waals surface area contributed by atoms with Crippen LogP contribution in [0.5, 0.6) is 0 Å². The van der Waals surface area contributed by atoms with E-state index < -0.39 is 0 Å². The summed E-state index contributed by atoms with van der Waals surface area (Å²) < 4.78 is 7.89. The van der Waals surface area contributed by atoms with Crippen molar-refractivity contribution in [3.8, 4) is 0 Å². The Morgan fingerprint density at radius 3 is 2.81 bits per heavy atom. The number of benzene rings is 1. The molecule has 1 heterocycles. The maximum atomic E-state index is 6.33. The SMILES string of the molecule is CNC(c1ccc(Cl)cc1Br)c1c(Cl)cnn1CCOC. The second-order valence-electron chi connectivity index (χ2n) is 4.48. The lowest BCUT2D eigenvalue weighted by atomic mass is 10.0. The van der Waals surface area contributed by atoms with E-state index in [0.29, 0.717) is 23.2 Å². The molecule has 4 nitrogen and oxygen atoms in total. The fourth-order valence-electron chi connectivity index (χ4n) is 2.19. The van der Waals surface area contributed by atoms with Gasteiger partial charge in [0.25, 0.3) is 0 Å². The molecule has 1 aromatic heterocycles. The van der Waals surface area contributed by atoms with Crippen LogP contribution in [0.2, 0.25) is 10.0 Å². The minimum absolute atomic E-state index is 0.0940. The Kier molecular flexibility index (Phi) is 6.08. The van der Waals surface area contributed by atoms with Gasteiger partial charge in [-0.1, -0.05) is 45.2 Å². The molecule has 0 bridgehead atoms. The highest BCUT2D eigenvalue weighted by Crippen LogP contribution is 2.33. The molecule has 114 valence electrons. The highest BCUT2D eigenvalue weighted by Gasteiger charge is 2.22. The van der Waals surface area contributed by atoms with E-state index in [1.165, 1.54) is 0 Å². The van der Waals surface area contributed by atoms with E-state index in [0.717, 1.165) is 15.7 Å². The van der Waals surface area contributed by atoms with E-state index >= 15 is 0 Å². The van der Waals surface area contributed by atoms with Crippen molar-refractivity contribution < 1.29 is 4.74 Å². The molecule has 0 fully saturated rings. The van der Waals surface area contributed by atoms with E-state index in [1.807, 2.05) is 29.9 Å². The average molecular weight is 393 g/mol. The first-order valence-electron chi connectivity index (χ1n) is 6.40. The Bertz CT molecular complexity index is 618. The van der Waals surface area contributed by atoms with Crippen LogP contribution in [0.3, 0.4) is 0 Å². The summed E-state index contributed by atoms with van der Waals surface area (Å²) in [4.78, 5) is 0. The minimum atomic E-state index is -0.0940. The number of halogens is 3. The molecular formula is C14H16BrCl2N3O. The molecule has 0 aliphatic heterocycles. The van der Waals surface area contributed by atoms with Crippen LogP contribution in [0, 0.1) is 0 Å². The van der Waals surface area contributed by atoms with Gasteiger partial charge in [-0.25, -0.2) is 0 Å². The van der Waals surface area contributed by atoms with Gasteiger partial charge in [-0.05, 0) is 24.7 Å². The van der Waals surface area contributed by atoms with Crippen molar-refractivity contribution >= 4 is 39.1 Å². The van der Waals surface area contributed by atoms with E-state index in [4.69, 9.17) is 27.9 Å². The third kappa shape index (κ3) is 3.79. The first-order valence-corrected chi connectivity index (χ1v) is 7.95. The zero-order chi connectivity index (χ0) is 15.4. The predicted octanol–water partition coefficient (Wildman–Crippen LogP) is 3.91. The largest absolute Gasteiger partial charge is 0.383 e. The topological polar surface area (TPSA) is 39.1 Å². The van der Waals surface area contributed by atoms with Gasteiger partial charge in [-0.2, -0.15) is 5.10 Å². The quantitative estimate of drug-likeness (QED) is 0.809. The van der Waals surface area contributed by atoms with Gasteiger partial charge < -0.3 is 10.1 Å². The first-order chi connectivity index (χ1) is 10.1. The van der Waals surface area contributed by atoms with Crippen LogP contribution < -0.4 is 5.32 Å². The molecule has 0 aliphatic carbocycles. The summed E-state index contributed by atoms with van der Waals surface area (Å²) in [6, 6.07) is 5.60. The summed E-state index contributed by atoms with van der Waals surface area (Å²) in [7, 11) is 3.55. The molecule has 2 rings (SSSR count). The molecule has 0 aliphatic rings. The smallest absolute Gasteiger partial charge is 0.0837 e. The van der Waals surface area contributed by atoms with Crippen LogP contribution >= 0.6 is 39.1 Å². The Balaban J connectivity index is 2.43. The molecular weight excluding hydrogens is 377 g/mol. The lowest BCUT2D eigenvalue weighted by molar-refractivity contribution is 0.182. The summed E-state index contributed by atoms with van der Waals surface area (Å²) in [5, 5.41) is 8.90. The van der Waals surface area contributed by atoms with Crippen molar-refractivity contribution in [1.82, 2.24) is 15.1 Å². The summed E-state index contributed by atoms with van der Waals surface area (Å²) in [5.74, 6) is 0. The van der Waals surface area contributed by atoms with E-state index in [-0.39, 0.29) is 6.04 Å². The number of methoxy groups -OCH3 is 1. The monoisotopic (exact) mass is 391 g/mol. The Labute approximate surface area is 142 Å². The standard InChI is InChI=1S/C14H16BrCl2N3O/c1-18-13(10-4-3-9(16)7-11(10)15)14-12(17)8-19-20(14)5-6-21-2/h3-4,7-8,13,18H,5-6H2,1-2H3. The van der Waals surface area contributed by atoms with Gasteiger partial charge in [0.1, 0.15) is 0 Å². The van der Waals surface area contributed by atoms with E-state index in [9.17, 15) is 0 Å². The Morgan fingerprint density at radius 2 is 2.19 bits per heavy atom. The molecule has 0 spiro atoms. The number of rotatable bonds is 6. The zero-order valence-electron chi connectivity index (χ0n) is 11.7. The third-order valence-corrected chi connectivity index (χ3v) is 4.39. The maximum absolute atomic E-state index is 6.33. The molecule has 1 aromatic carbocycles. The van der Waals surface area contributed by atoms with Crippen LogP contribution in [0.25, 0.3) is 0 Å². The van der Waals surface area contributed by atoms with Crippen LogP contribution in [0.4, 0.5) is 0 Å². The summed E-state index contributed by atoms with van der Waals surface area (Å²) >= 11 is 15.9. The number of nitrogens with zero attached hydrogens (tertiary/aromatic N) is 2. The van der Waals surface area contributed by atoms with E-state index in [2.05, 4.69) is 26.3 Å². The molecule has 7 heteroatoms. The molecule has 0 radical (unpaired) electrons. The predicted molar refractivity (Wildman–Crippen MR) is 89.2 cm³/mol. The molecule has 2 aromatic rings. The fourth-order valence-corrected chi connectivity index (χ4v) is 3.35. The lowest BCUT2D eigenvalue weighted by Gasteiger charge is -2.20. The minimum Gasteiger partial charge on any atom is -0.383 e. The Hall–Kier alpha value is -0.590. The Morgan fingerprint density at radius 1 is 1.43 bits per heavy atom. The van der Waals surface area contributed by atoms with Crippen molar-refractivity contribution in [3.63, 3.8) is 0 Å². The molecule has 1 unspecified atom stereocenters. The molecule has 0 saturated heterocycles. The molecule has 0 amide bonds. The maximum Gasteiger partial charge on any atom is 0.0837 e. The molecule has 1 N–H and O–H groups in total. The van der Waals surface area contributed by atoms with Crippen molar-refractivity contribution in [3.05, 3.63) is 50.2 Å². The summed E-state index contributed by atoms with van der Waals surface area (Å²) in [5.41, 5.74) is 1.95. The zero-order valence-corrected chi connectivity index (χ0v) is 14.8. The van der Waals surface area contributed by atoms with Gasteiger partial charge in [-0.3, -0.25) is 4.68 Å². The van der Waals surface area contributed by atoms with Gasteiger partial charge in [0.2, 0.25) is 0 Å². The van der Waals surface area contributed by atoms with E-state index in [1.54, 1.807) is 13.3 Å². The number of aromatic nitrogens is 2. The summed E-state index contributed by atoms with van der Waals surface area (Å²) in [6.07, 6.45) is 1.65. The van der Waals surface area contributed by atoms with Gasteiger partial charge in [-0.15, -0.1) is 0 Å². The third-order valence-electron chi connectivity index (χ3n) is 3.18. The van der Waals surface area contributed by atoms with Gasteiger partial charge >= 0.3 is 0 Å².